The number of hydrogen-bond donors (Lipinski definition) is 0. The van der Waals surface area contributed by atoms with Crippen LogP contribution in [0.5, 0.6) is 0 Å². The van der Waals surface area contributed by atoms with Gasteiger partial charge in [0.05, 0.1) is 22.7 Å². The Morgan fingerprint density at radius 1 is 0.419 bits per heavy atom. The van der Waals surface area contributed by atoms with Gasteiger partial charge in [0.15, 0.2) is 0 Å². The molecule has 0 radical (unpaired) electrons. The second kappa shape index (κ2) is 10.6. The molecule has 0 aliphatic rings. The molecule has 0 fully saturated rings. The molecule has 2 nitrogen and oxygen atoms in total. The van der Waals surface area contributed by atoms with Crippen LogP contribution in [0.4, 0.5) is 0 Å². The van der Waals surface area contributed by atoms with Gasteiger partial charge in [-0.25, -0.2) is 4.98 Å². The van der Waals surface area contributed by atoms with Crippen LogP contribution in [0, 0.1) is 11.3 Å². The van der Waals surface area contributed by atoms with Crippen LogP contribution in [0.3, 0.4) is 0 Å². The van der Waals surface area contributed by atoms with Gasteiger partial charge in [0, 0.05) is 27.1 Å². The van der Waals surface area contributed by atoms with Gasteiger partial charge in [-0.1, -0.05) is 135 Å². The third-order valence-corrected chi connectivity index (χ3v) is 8.28. The summed E-state index contributed by atoms with van der Waals surface area (Å²) < 4.78 is 0. The Morgan fingerprint density at radius 2 is 0.907 bits per heavy atom. The zero-order valence-electron chi connectivity index (χ0n) is 22.8. The standard InChI is InChI=1S/C40H24N2.CH4/c41-25-26-12-14-27(15-13-26)32-8-5-9-33(24-32)28-16-18-31(19-17-28)38-36-22-20-29-6-1-3-10-34(29)39(36)42-40-35-11-4-2-7-30(35)21-23-37(38)40;/h1-24H;1H4. The van der Waals surface area contributed by atoms with E-state index in [0.29, 0.717) is 5.56 Å². The Balaban J connectivity index is 0.00000300. The number of rotatable bonds is 3. The molecule has 0 saturated carbocycles. The predicted octanol–water partition coefficient (Wildman–Crippen LogP) is 11.2. The van der Waals surface area contributed by atoms with Gasteiger partial charge in [-0.2, -0.15) is 5.26 Å². The van der Waals surface area contributed by atoms with E-state index in [4.69, 9.17) is 10.2 Å². The highest BCUT2D eigenvalue weighted by molar-refractivity contribution is 6.21. The van der Waals surface area contributed by atoms with Crippen LogP contribution in [0.15, 0.2) is 146 Å². The van der Waals surface area contributed by atoms with Crippen molar-refractivity contribution in [2.45, 2.75) is 7.43 Å². The molecule has 8 aromatic rings. The van der Waals surface area contributed by atoms with Crippen molar-refractivity contribution >= 4 is 43.4 Å². The molecule has 202 valence electrons. The minimum absolute atomic E-state index is 0. The number of nitrogens with zero attached hydrogens (tertiary/aromatic N) is 2. The largest absolute Gasteiger partial charge is 0.246 e. The quantitative estimate of drug-likeness (QED) is 0.163. The fourth-order valence-corrected chi connectivity index (χ4v) is 6.17. The van der Waals surface area contributed by atoms with E-state index in [1.165, 1.54) is 32.7 Å². The molecular weight excluding hydrogens is 520 g/mol. The average molecular weight is 549 g/mol. The van der Waals surface area contributed by atoms with Crippen molar-refractivity contribution in [1.82, 2.24) is 4.98 Å². The summed E-state index contributed by atoms with van der Waals surface area (Å²) in [4.78, 5) is 5.32. The fraction of sp³-hybridized carbons (Fsp3) is 0.0244. The lowest BCUT2D eigenvalue weighted by molar-refractivity contribution is 1.48. The van der Waals surface area contributed by atoms with E-state index in [1.807, 2.05) is 24.3 Å². The van der Waals surface area contributed by atoms with E-state index in [-0.39, 0.29) is 7.43 Å². The van der Waals surface area contributed by atoms with E-state index in [1.54, 1.807) is 0 Å². The molecule has 0 aliphatic carbocycles. The molecule has 0 N–H and O–H groups in total. The number of hydrogen-bond acceptors (Lipinski definition) is 2. The Labute approximate surface area is 251 Å². The van der Waals surface area contributed by atoms with Gasteiger partial charge in [0.25, 0.3) is 0 Å². The molecule has 0 atom stereocenters. The fourth-order valence-electron chi connectivity index (χ4n) is 6.17. The summed E-state index contributed by atoms with van der Waals surface area (Å²) in [6.45, 7) is 0. The molecule has 0 unspecified atom stereocenters. The molecule has 43 heavy (non-hydrogen) atoms. The third-order valence-electron chi connectivity index (χ3n) is 8.28. The summed E-state index contributed by atoms with van der Waals surface area (Å²) in [7, 11) is 0. The molecule has 1 heterocycles. The summed E-state index contributed by atoms with van der Waals surface area (Å²) >= 11 is 0. The maximum Gasteiger partial charge on any atom is 0.0991 e. The van der Waals surface area contributed by atoms with Gasteiger partial charge < -0.3 is 0 Å². The molecular formula is C41H28N2. The van der Waals surface area contributed by atoms with Crippen LogP contribution in [0.25, 0.3) is 76.7 Å². The third kappa shape index (κ3) is 4.40. The Hall–Kier alpha value is -5.78. The van der Waals surface area contributed by atoms with Crippen LogP contribution >= 0.6 is 0 Å². The zero-order chi connectivity index (χ0) is 28.0. The summed E-state index contributed by atoms with van der Waals surface area (Å²) in [5.41, 5.74) is 9.67. The average Bonchev–Trinajstić information content (AvgIpc) is 3.07. The minimum Gasteiger partial charge on any atom is -0.246 e. The molecule has 0 amide bonds. The molecule has 2 heteroatoms. The Bertz CT molecular complexity index is 2250. The number of nitriles is 1. The van der Waals surface area contributed by atoms with E-state index >= 15 is 0 Å². The van der Waals surface area contributed by atoms with Crippen molar-refractivity contribution in [2.24, 2.45) is 0 Å². The number of aromatic nitrogens is 1. The van der Waals surface area contributed by atoms with Crippen LogP contribution in [-0.4, -0.2) is 4.98 Å². The lowest BCUT2D eigenvalue weighted by atomic mass is 9.91. The number of fused-ring (bicyclic) bond motifs is 6. The number of pyridine rings is 1. The van der Waals surface area contributed by atoms with E-state index in [9.17, 15) is 0 Å². The predicted molar refractivity (Wildman–Crippen MR) is 182 cm³/mol. The number of benzene rings is 7. The van der Waals surface area contributed by atoms with Crippen LogP contribution < -0.4 is 0 Å². The molecule has 0 spiro atoms. The van der Waals surface area contributed by atoms with Crippen molar-refractivity contribution in [3.8, 4) is 39.4 Å². The molecule has 1 aromatic heterocycles. The summed E-state index contributed by atoms with van der Waals surface area (Å²) in [5, 5.41) is 16.2. The molecule has 8 rings (SSSR count). The first-order valence-corrected chi connectivity index (χ1v) is 14.1. The van der Waals surface area contributed by atoms with Gasteiger partial charge >= 0.3 is 0 Å². The highest BCUT2D eigenvalue weighted by atomic mass is 14.7. The highest BCUT2D eigenvalue weighted by Crippen LogP contribution is 2.40. The van der Waals surface area contributed by atoms with Gasteiger partial charge in [-0.3, -0.25) is 0 Å². The first-order chi connectivity index (χ1) is 20.8. The van der Waals surface area contributed by atoms with Crippen molar-refractivity contribution in [3.05, 3.63) is 151 Å². The molecule has 0 aliphatic heterocycles. The Kier molecular flexibility index (Phi) is 6.42. The van der Waals surface area contributed by atoms with Crippen molar-refractivity contribution < 1.29 is 0 Å². The van der Waals surface area contributed by atoms with E-state index < -0.39 is 0 Å². The maximum absolute atomic E-state index is 9.15. The maximum atomic E-state index is 9.15. The van der Waals surface area contributed by atoms with Gasteiger partial charge in [-0.15, -0.1) is 0 Å². The van der Waals surface area contributed by atoms with E-state index in [0.717, 1.165) is 44.1 Å². The van der Waals surface area contributed by atoms with Gasteiger partial charge in [-0.05, 0) is 56.8 Å². The topological polar surface area (TPSA) is 36.7 Å². The molecule has 0 saturated heterocycles. The summed E-state index contributed by atoms with van der Waals surface area (Å²) in [6, 6.07) is 53.3. The van der Waals surface area contributed by atoms with Crippen molar-refractivity contribution in [2.75, 3.05) is 0 Å². The van der Waals surface area contributed by atoms with Crippen molar-refractivity contribution in [1.29, 1.82) is 5.26 Å². The second-order valence-electron chi connectivity index (χ2n) is 10.7. The van der Waals surface area contributed by atoms with Crippen LogP contribution in [0.2, 0.25) is 0 Å². The first-order valence-electron chi connectivity index (χ1n) is 14.1. The Morgan fingerprint density at radius 3 is 1.44 bits per heavy atom. The zero-order valence-corrected chi connectivity index (χ0v) is 22.8. The molecule has 7 aromatic carbocycles. The first kappa shape index (κ1) is 26.1. The summed E-state index contributed by atoms with van der Waals surface area (Å²) in [5.74, 6) is 0. The smallest absolute Gasteiger partial charge is 0.0991 e. The molecule has 0 bridgehead atoms. The summed E-state index contributed by atoms with van der Waals surface area (Å²) in [6.07, 6.45) is 0. The monoisotopic (exact) mass is 548 g/mol. The lowest BCUT2D eigenvalue weighted by Gasteiger charge is -2.15. The normalized spacial score (nSPS) is 11.0. The van der Waals surface area contributed by atoms with E-state index in [2.05, 4.69) is 127 Å². The lowest BCUT2D eigenvalue weighted by Crippen LogP contribution is -1.92. The van der Waals surface area contributed by atoms with Crippen LogP contribution in [-0.2, 0) is 0 Å². The second-order valence-corrected chi connectivity index (χ2v) is 10.7. The van der Waals surface area contributed by atoms with Gasteiger partial charge in [0.1, 0.15) is 0 Å². The SMILES string of the molecule is C.N#Cc1ccc(-c2cccc(-c3ccc(-c4c5ccc6ccccc6c5nc5c4ccc4ccccc45)cc3)c2)cc1. The highest BCUT2D eigenvalue weighted by Gasteiger charge is 2.15. The minimum atomic E-state index is 0. The van der Waals surface area contributed by atoms with Crippen molar-refractivity contribution in [3.63, 3.8) is 0 Å². The van der Waals surface area contributed by atoms with Gasteiger partial charge in [0.2, 0.25) is 0 Å². The van der Waals surface area contributed by atoms with Crippen LogP contribution in [0.1, 0.15) is 13.0 Å².